The Balaban J connectivity index is 0.00000200. The first kappa shape index (κ1) is 17.6. The van der Waals surface area contributed by atoms with Gasteiger partial charge in [0.25, 0.3) is 0 Å². The number of benzene rings is 1. The average molecular weight is 335 g/mol. The number of rotatable bonds is 5. The highest BCUT2D eigenvalue weighted by molar-refractivity contribution is 7.99. The predicted molar refractivity (Wildman–Crippen MR) is 87.8 cm³/mol. The number of carbonyl (C=O) groups excluding carboxylic acids is 1. The van der Waals surface area contributed by atoms with Crippen molar-refractivity contribution in [3.8, 4) is 0 Å². The SMILES string of the molecule is Cl.NCC1CCN(C(=O)CCSc2ccc(Cl)cc2)C1. The summed E-state index contributed by atoms with van der Waals surface area (Å²) in [5.41, 5.74) is 5.63. The zero-order chi connectivity index (χ0) is 13.7. The molecule has 112 valence electrons. The lowest BCUT2D eigenvalue weighted by Crippen LogP contribution is -2.30. The van der Waals surface area contributed by atoms with Crippen LogP contribution in [0, 0.1) is 5.92 Å². The lowest BCUT2D eigenvalue weighted by molar-refractivity contribution is -0.129. The van der Waals surface area contributed by atoms with Crippen molar-refractivity contribution in [1.82, 2.24) is 4.90 Å². The molecular formula is C14H20Cl2N2OS. The highest BCUT2D eigenvalue weighted by Crippen LogP contribution is 2.22. The van der Waals surface area contributed by atoms with Gasteiger partial charge in [-0.25, -0.2) is 0 Å². The number of hydrogen-bond acceptors (Lipinski definition) is 3. The Kier molecular flexibility index (Phi) is 7.74. The number of nitrogens with two attached hydrogens (primary N) is 1. The number of halogens is 2. The van der Waals surface area contributed by atoms with E-state index >= 15 is 0 Å². The monoisotopic (exact) mass is 334 g/mol. The van der Waals surface area contributed by atoms with Crippen molar-refractivity contribution in [2.24, 2.45) is 11.7 Å². The predicted octanol–water partition coefficient (Wildman–Crippen LogP) is 3.05. The summed E-state index contributed by atoms with van der Waals surface area (Å²) in [6.07, 6.45) is 1.64. The minimum atomic E-state index is 0. The molecule has 0 aromatic heterocycles. The normalized spacial score (nSPS) is 17.9. The fourth-order valence-electron chi connectivity index (χ4n) is 2.20. The van der Waals surface area contributed by atoms with E-state index in [1.165, 1.54) is 0 Å². The first-order valence-corrected chi connectivity index (χ1v) is 7.91. The second-order valence-corrected chi connectivity index (χ2v) is 6.39. The summed E-state index contributed by atoms with van der Waals surface area (Å²) in [5.74, 6) is 1.55. The van der Waals surface area contributed by atoms with Crippen LogP contribution in [0.1, 0.15) is 12.8 Å². The molecule has 0 aliphatic carbocycles. The van der Waals surface area contributed by atoms with E-state index in [-0.39, 0.29) is 18.3 Å². The van der Waals surface area contributed by atoms with Gasteiger partial charge in [-0.1, -0.05) is 11.6 Å². The maximum Gasteiger partial charge on any atom is 0.223 e. The van der Waals surface area contributed by atoms with Crippen molar-refractivity contribution in [1.29, 1.82) is 0 Å². The second-order valence-electron chi connectivity index (χ2n) is 4.78. The van der Waals surface area contributed by atoms with Gasteiger partial charge in [-0.15, -0.1) is 24.2 Å². The molecule has 1 atom stereocenters. The fraction of sp³-hybridized carbons (Fsp3) is 0.500. The van der Waals surface area contributed by atoms with Gasteiger partial charge in [-0.3, -0.25) is 4.79 Å². The minimum Gasteiger partial charge on any atom is -0.342 e. The molecule has 0 spiro atoms. The molecule has 0 bridgehead atoms. The van der Waals surface area contributed by atoms with E-state index in [0.29, 0.717) is 18.9 Å². The number of carbonyl (C=O) groups is 1. The van der Waals surface area contributed by atoms with E-state index in [1.54, 1.807) is 11.8 Å². The summed E-state index contributed by atoms with van der Waals surface area (Å²) in [4.78, 5) is 15.1. The zero-order valence-electron chi connectivity index (χ0n) is 11.3. The first-order valence-electron chi connectivity index (χ1n) is 6.55. The van der Waals surface area contributed by atoms with Gasteiger partial charge in [0.05, 0.1) is 0 Å². The van der Waals surface area contributed by atoms with Crippen molar-refractivity contribution in [3.63, 3.8) is 0 Å². The number of amides is 1. The van der Waals surface area contributed by atoms with Crippen LogP contribution in [0.3, 0.4) is 0 Å². The molecular weight excluding hydrogens is 315 g/mol. The Labute approximate surface area is 135 Å². The second kappa shape index (κ2) is 8.78. The number of likely N-dealkylation sites (tertiary alicyclic amines) is 1. The van der Waals surface area contributed by atoms with Crippen LogP contribution in [0.25, 0.3) is 0 Å². The van der Waals surface area contributed by atoms with E-state index in [1.807, 2.05) is 29.2 Å². The third-order valence-electron chi connectivity index (χ3n) is 3.37. The van der Waals surface area contributed by atoms with E-state index < -0.39 is 0 Å². The first-order chi connectivity index (χ1) is 9.19. The summed E-state index contributed by atoms with van der Waals surface area (Å²) in [6.45, 7) is 2.39. The zero-order valence-corrected chi connectivity index (χ0v) is 13.6. The summed E-state index contributed by atoms with van der Waals surface area (Å²) < 4.78 is 0. The summed E-state index contributed by atoms with van der Waals surface area (Å²) >= 11 is 7.52. The average Bonchev–Trinajstić information content (AvgIpc) is 2.90. The Bertz CT molecular complexity index is 428. The summed E-state index contributed by atoms with van der Waals surface area (Å²) in [5, 5.41) is 0.741. The summed E-state index contributed by atoms with van der Waals surface area (Å²) in [6, 6.07) is 7.71. The minimum absolute atomic E-state index is 0. The molecule has 1 amide bonds. The Hall–Kier alpha value is -0.420. The molecule has 2 rings (SSSR count). The van der Waals surface area contributed by atoms with Crippen LogP contribution in [-0.2, 0) is 4.79 Å². The highest BCUT2D eigenvalue weighted by Gasteiger charge is 2.24. The number of thioether (sulfide) groups is 1. The van der Waals surface area contributed by atoms with Gasteiger partial charge in [0, 0.05) is 35.2 Å². The quantitative estimate of drug-likeness (QED) is 0.842. The lowest BCUT2D eigenvalue weighted by atomic mass is 10.1. The van der Waals surface area contributed by atoms with Gasteiger partial charge in [-0.05, 0) is 43.1 Å². The molecule has 20 heavy (non-hydrogen) atoms. The van der Waals surface area contributed by atoms with Gasteiger partial charge in [0.2, 0.25) is 5.91 Å². The molecule has 1 unspecified atom stereocenters. The maximum atomic E-state index is 12.0. The topological polar surface area (TPSA) is 46.3 Å². The number of nitrogens with zero attached hydrogens (tertiary/aromatic N) is 1. The molecule has 1 saturated heterocycles. The molecule has 1 aliphatic heterocycles. The third kappa shape index (κ3) is 5.17. The van der Waals surface area contributed by atoms with Crippen LogP contribution in [-0.4, -0.2) is 36.2 Å². The van der Waals surface area contributed by atoms with Crippen LogP contribution in [0.5, 0.6) is 0 Å². The molecule has 1 fully saturated rings. The maximum absolute atomic E-state index is 12.0. The largest absolute Gasteiger partial charge is 0.342 e. The van der Waals surface area contributed by atoms with E-state index in [9.17, 15) is 4.79 Å². The molecule has 0 radical (unpaired) electrons. The molecule has 1 aromatic rings. The van der Waals surface area contributed by atoms with Crippen molar-refractivity contribution >= 4 is 41.7 Å². The lowest BCUT2D eigenvalue weighted by Gasteiger charge is -2.16. The molecule has 1 aliphatic rings. The van der Waals surface area contributed by atoms with Crippen LogP contribution in [0.4, 0.5) is 0 Å². The molecule has 3 nitrogen and oxygen atoms in total. The van der Waals surface area contributed by atoms with Crippen molar-refractivity contribution in [2.75, 3.05) is 25.4 Å². The molecule has 0 saturated carbocycles. The Morgan fingerprint density at radius 2 is 2.10 bits per heavy atom. The van der Waals surface area contributed by atoms with E-state index in [2.05, 4.69) is 0 Å². The third-order valence-corrected chi connectivity index (χ3v) is 4.64. The van der Waals surface area contributed by atoms with Gasteiger partial charge in [0.15, 0.2) is 0 Å². The van der Waals surface area contributed by atoms with Gasteiger partial charge < -0.3 is 10.6 Å². The molecule has 2 N–H and O–H groups in total. The van der Waals surface area contributed by atoms with Crippen LogP contribution in [0.15, 0.2) is 29.2 Å². The molecule has 6 heteroatoms. The van der Waals surface area contributed by atoms with E-state index in [0.717, 1.165) is 35.2 Å². The Morgan fingerprint density at radius 1 is 1.40 bits per heavy atom. The van der Waals surface area contributed by atoms with Gasteiger partial charge in [-0.2, -0.15) is 0 Å². The van der Waals surface area contributed by atoms with Crippen LogP contribution >= 0.6 is 35.8 Å². The summed E-state index contributed by atoms with van der Waals surface area (Å²) in [7, 11) is 0. The smallest absolute Gasteiger partial charge is 0.223 e. The molecule has 1 heterocycles. The van der Waals surface area contributed by atoms with E-state index in [4.69, 9.17) is 17.3 Å². The number of hydrogen-bond donors (Lipinski definition) is 1. The highest BCUT2D eigenvalue weighted by atomic mass is 35.5. The van der Waals surface area contributed by atoms with Crippen molar-refractivity contribution in [3.05, 3.63) is 29.3 Å². The van der Waals surface area contributed by atoms with Crippen molar-refractivity contribution < 1.29 is 4.79 Å². The van der Waals surface area contributed by atoms with Gasteiger partial charge >= 0.3 is 0 Å². The Morgan fingerprint density at radius 3 is 2.70 bits per heavy atom. The fourth-order valence-corrected chi connectivity index (χ4v) is 3.16. The van der Waals surface area contributed by atoms with Crippen LogP contribution < -0.4 is 5.73 Å². The van der Waals surface area contributed by atoms with Gasteiger partial charge in [0.1, 0.15) is 0 Å². The van der Waals surface area contributed by atoms with Crippen molar-refractivity contribution in [2.45, 2.75) is 17.7 Å². The molecule has 1 aromatic carbocycles. The standard InChI is InChI=1S/C14H19ClN2OS.ClH/c15-12-1-3-13(4-2-12)19-8-6-14(18)17-7-5-11(9-16)10-17;/h1-4,11H,5-10,16H2;1H. The van der Waals surface area contributed by atoms with Crippen LogP contribution in [0.2, 0.25) is 5.02 Å².